The summed E-state index contributed by atoms with van der Waals surface area (Å²) in [6, 6.07) is 5.51. The Morgan fingerprint density at radius 3 is 3.00 bits per heavy atom. The van der Waals surface area contributed by atoms with E-state index >= 15 is 0 Å². The molecule has 0 unspecified atom stereocenters. The fourth-order valence-corrected chi connectivity index (χ4v) is 0.655. The van der Waals surface area contributed by atoms with Gasteiger partial charge in [-0.25, -0.2) is 0 Å². The molecule has 3 nitrogen and oxygen atoms in total. The van der Waals surface area contributed by atoms with Crippen LogP contribution in [0.3, 0.4) is 0 Å². The maximum absolute atomic E-state index is 8.19. The standard InChI is InChI=1S/C8H8N2O/c1-7-2-3-8(6-10-7)11-5-4-9/h2-3,6H,5H2,1H3. The molecule has 0 aliphatic rings. The highest BCUT2D eigenvalue weighted by Crippen LogP contribution is 2.07. The van der Waals surface area contributed by atoms with Crippen molar-refractivity contribution >= 4 is 0 Å². The van der Waals surface area contributed by atoms with Crippen molar-refractivity contribution < 1.29 is 4.74 Å². The van der Waals surface area contributed by atoms with Crippen LogP contribution in [0.2, 0.25) is 0 Å². The fraction of sp³-hybridized carbons (Fsp3) is 0.250. The van der Waals surface area contributed by atoms with Crippen molar-refractivity contribution in [1.29, 1.82) is 5.26 Å². The normalized spacial score (nSPS) is 8.73. The van der Waals surface area contributed by atoms with Gasteiger partial charge in [0.1, 0.15) is 11.8 Å². The SMILES string of the molecule is Cc1ccc(OCC#N)cn1. The molecule has 1 rings (SSSR count). The van der Waals surface area contributed by atoms with Crippen LogP contribution in [0.15, 0.2) is 18.3 Å². The van der Waals surface area contributed by atoms with Gasteiger partial charge in [-0.2, -0.15) is 5.26 Å². The van der Waals surface area contributed by atoms with Crippen LogP contribution in [0.25, 0.3) is 0 Å². The van der Waals surface area contributed by atoms with E-state index in [9.17, 15) is 0 Å². The van der Waals surface area contributed by atoms with E-state index in [2.05, 4.69) is 4.98 Å². The molecule has 0 radical (unpaired) electrons. The lowest BCUT2D eigenvalue weighted by Crippen LogP contribution is -1.93. The lowest BCUT2D eigenvalue weighted by Gasteiger charge is -1.99. The summed E-state index contributed by atoms with van der Waals surface area (Å²) in [7, 11) is 0. The second-order valence-corrected chi connectivity index (χ2v) is 2.08. The zero-order valence-electron chi connectivity index (χ0n) is 6.24. The molecule has 1 aromatic rings. The van der Waals surface area contributed by atoms with Gasteiger partial charge in [0.2, 0.25) is 0 Å². The summed E-state index contributed by atoms with van der Waals surface area (Å²) in [5, 5.41) is 8.19. The highest BCUT2D eigenvalue weighted by molar-refractivity contribution is 5.19. The number of rotatable bonds is 2. The zero-order chi connectivity index (χ0) is 8.10. The summed E-state index contributed by atoms with van der Waals surface area (Å²) in [5.41, 5.74) is 0.939. The molecule has 0 N–H and O–H groups in total. The predicted molar refractivity (Wildman–Crippen MR) is 40.1 cm³/mol. The summed E-state index contributed by atoms with van der Waals surface area (Å²) in [5.74, 6) is 0.636. The van der Waals surface area contributed by atoms with Gasteiger partial charge in [0.15, 0.2) is 6.61 Å². The molecule has 0 aliphatic carbocycles. The van der Waals surface area contributed by atoms with Crippen molar-refractivity contribution in [3.8, 4) is 11.8 Å². The van der Waals surface area contributed by atoms with Gasteiger partial charge in [-0.3, -0.25) is 4.98 Å². The third-order valence-corrected chi connectivity index (χ3v) is 1.19. The van der Waals surface area contributed by atoms with Gasteiger partial charge < -0.3 is 4.74 Å². The first-order valence-electron chi connectivity index (χ1n) is 3.25. The first-order chi connectivity index (χ1) is 5.33. The van der Waals surface area contributed by atoms with Crippen LogP contribution in [-0.4, -0.2) is 11.6 Å². The monoisotopic (exact) mass is 148 g/mol. The molecule has 0 saturated carbocycles. The minimum atomic E-state index is 0.0741. The van der Waals surface area contributed by atoms with Crippen molar-refractivity contribution in [3.63, 3.8) is 0 Å². The van der Waals surface area contributed by atoms with Crippen LogP contribution in [0.4, 0.5) is 0 Å². The third-order valence-electron chi connectivity index (χ3n) is 1.19. The highest BCUT2D eigenvalue weighted by Gasteiger charge is 1.90. The van der Waals surface area contributed by atoms with Crippen LogP contribution in [-0.2, 0) is 0 Å². The number of nitriles is 1. The molecule has 11 heavy (non-hydrogen) atoms. The highest BCUT2D eigenvalue weighted by atomic mass is 16.5. The van der Waals surface area contributed by atoms with Gasteiger partial charge in [0.05, 0.1) is 6.20 Å². The molecular weight excluding hydrogens is 140 g/mol. The minimum absolute atomic E-state index is 0.0741. The lowest BCUT2D eigenvalue weighted by molar-refractivity contribution is 0.366. The number of hydrogen-bond donors (Lipinski definition) is 0. The van der Waals surface area contributed by atoms with Crippen LogP contribution < -0.4 is 4.74 Å². The largest absolute Gasteiger partial charge is 0.477 e. The maximum atomic E-state index is 8.19. The topological polar surface area (TPSA) is 45.9 Å². The number of hydrogen-bond acceptors (Lipinski definition) is 3. The zero-order valence-corrected chi connectivity index (χ0v) is 6.24. The van der Waals surface area contributed by atoms with Gasteiger partial charge in [-0.1, -0.05) is 0 Å². The van der Waals surface area contributed by atoms with E-state index in [0.717, 1.165) is 5.69 Å². The van der Waals surface area contributed by atoms with E-state index in [1.807, 2.05) is 19.1 Å². The summed E-state index contributed by atoms with van der Waals surface area (Å²) in [6.07, 6.45) is 1.60. The summed E-state index contributed by atoms with van der Waals surface area (Å²) in [6.45, 7) is 1.97. The number of ether oxygens (including phenoxy) is 1. The number of pyridine rings is 1. The second-order valence-electron chi connectivity index (χ2n) is 2.08. The van der Waals surface area contributed by atoms with E-state index in [1.54, 1.807) is 12.3 Å². The van der Waals surface area contributed by atoms with Gasteiger partial charge >= 0.3 is 0 Å². The van der Waals surface area contributed by atoms with Crippen LogP contribution in [0.1, 0.15) is 5.69 Å². The molecule has 1 heterocycles. The van der Waals surface area contributed by atoms with E-state index in [1.165, 1.54) is 0 Å². The third kappa shape index (κ3) is 2.26. The summed E-state index contributed by atoms with van der Waals surface area (Å²) >= 11 is 0. The molecule has 0 saturated heterocycles. The summed E-state index contributed by atoms with van der Waals surface area (Å²) in [4.78, 5) is 4.00. The summed E-state index contributed by atoms with van der Waals surface area (Å²) < 4.78 is 4.99. The molecule has 0 aliphatic heterocycles. The molecule has 0 atom stereocenters. The Morgan fingerprint density at radius 2 is 2.45 bits per heavy atom. The van der Waals surface area contributed by atoms with Crippen LogP contribution in [0.5, 0.6) is 5.75 Å². The van der Waals surface area contributed by atoms with Crippen molar-refractivity contribution in [2.45, 2.75) is 6.92 Å². The number of aromatic nitrogens is 1. The predicted octanol–water partition coefficient (Wildman–Crippen LogP) is 1.29. The average Bonchev–Trinajstić information content (AvgIpc) is 2.04. The van der Waals surface area contributed by atoms with Crippen molar-refractivity contribution in [3.05, 3.63) is 24.0 Å². The first-order valence-corrected chi connectivity index (χ1v) is 3.25. The number of aryl methyl sites for hydroxylation is 1. The van der Waals surface area contributed by atoms with E-state index in [0.29, 0.717) is 5.75 Å². The van der Waals surface area contributed by atoms with Gasteiger partial charge in [0, 0.05) is 5.69 Å². The van der Waals surface area contributed by atoms with Gasteiger partial charge in [-0.15, -0.1) is 0 Å². The molecule has 0 bridgehead atoms. The number of nitrogens with zero attached hydrogens (tertiary/aromatic N) is 2. The van der Waals surface area contributed by atoms with Crippen molar-refractivity contribution in [1.82, 2.24) is 4.98 Å². The Bertz CT molecular complexity index is 260. The molecule has 0 amide bonds. The van der Waals surface area contributed by atoms with E-state index in [4.69, 9.17) is 10.00 Å². The quantitative estimate of drug-likeness (QED) is 0.634. The van der Waals surface area contributed by atoms with Crippen molar-refractivity contribution in [2.75, 3.05) is 6.61 Å². The van der Waals surface area contributed by atoms with Gasteiger partial charge in [0.25, 0.3) is 0 Å². The Kier molecular flexibility index (Phi) is 2.45. The molecular formula is C8H8N2O. The lowest BCUT2D eigenvalue weighted by atomic mass is 10.4. The molecule has 56 valence electrons. The fourth-order valence-electron chi connectivity index (χ4n) is 0.655. The minimum Gasteiger partial charge on any atom is -0.477 e. The molecule has 0 spiro atoms. The van der Waals surface area contributed by atoms with Crippen LogP contribution in [0, 0.1) is 18.3 Å². The Labute approximate surface area is 65.3 Å². The average molecular weight is 148 g/mol. The van der Waals surface area contributed by atoms with E-state index in [-0.39, 0.29) is 6.61 Å². The molecule has 0 fully saturated rings. The van der Waals surface area contributed by atoms with Gasteiger partial charge in [-0.05, 0) is 19.1 Å². The Hall–Kier alpha value is -1.56. The Balaban J connectivity index is 2.60. The van der Waals surface area contributed by atoms with Crippen LogP contribution >= 0.6 is 0 Å². The van der Waals surface area contributed by atoms with E-state index < -0.39 is 0 Å². The molecule has 3 heteroatoms. The maximum Gasteiger partial charge on any atom is 0.174 e. The Morgan fingerprint density at radius 1 is 1.64 bits per heavy atom. The van der Waals surface area contributed by atoms with Crippen molar-refractivity contribution in [2.24, 2.45) is 0 Å². The first kappa shape index (κ1) is 7.55. The molecule has 1 aromatic heterocycles. The smallest absolute Gasteiger partial charge is 0.174 e. The second kappa shape index (κ2) is 3.57. The molecule has 0 aromatic carbocycles.